The molecule has 0 radical (unpaired) electrons. The molecular weight excluding hydrogens is 226 g/mol. The third-order valence-corrected chi connectivity index (χ3v) is 1.82. The van der Waals surface area contributed by atoms with Gasteiger partial charge in [-0.3, -0.25) is 30.2 Å². The summed E-state index contributed by atoms with van der Waals surface area (Å²) in [5, 5.41) is 8.34. The normalized spacial score (nSPS) is 9.41. The Morgan fingerprint density at radius 1 is 1.12 bits per heavy atom. The number of carboxylic acid groups (broad SMARTS) is 1. The second-order valence-corrected chi connectivity index (χ2v) is 3.13. The van der Waals surface area contributed by atoms with Gasteiger partial charge < -0.3 is 5.11 Å². The molecule has 0 spiro atoms. The largest absolute Gasteiger partial charge is 0.481 e. The molecule has 1 aromatic heterocycles. The molecule has 0 unspecified atom stereocenters. The average molecular weight is 237 g/mol. The fourth-order valence-corrected chi connectivity index (χ4v) is 0.985. The highest BCUT2D eigenvalue weighted by Gasteiger charge is 2.08. The van der Waals surface area contributed by atoms with Crippen molar-refractivity contribution >= 4 is 17.8 Å². The number of pyridine rings is 1. The van der Waals surface area contributed by atoms with E-state index in [0.717, 1.165) is 0 Å². The Morgan fingerprint density at radius 3 is 2.35 bits per heavy atom. The molecule has 0 bridgehead atoms. The van der Waals surface area contributed by atoms with Gasteiger partial charge in [0.05, 0.1) is 6.42 Å². The molecule has 0 aliphatic heterocycles. The highest BCUT2D eigenvalue weighted by atomic mass is 16.4. The van der Waals surface area contributed by atoms with E-state index in [2.05, 4.69) is 15.8 Å². The van der Waals surface area contributed by atoms with Crippen LogP contribution < -0.4 is 10.9 Å². The average Bonchev–Trinajstić information content (AvgIpc) is 2.34. The summed E-state index contributed by atoms with van der Waals surface area (Å²) in [6.45, 7) is 0. The zero-order valence-electron chi connectivity index (χ0n) is 8.84. The number of carbonyl (C=O) groups excluding carboxylic acids is 2. The van der Waals surface area contributed by atoms with Gasteiger partial charge in [0.25, 0.3) is 5.91 Å². The van der Waals surface area contributed by atoms with Crippen molar-refractivity contribution < 1.29 is 19.5 Å². The van der Waals surface area contributed by atoms with Gasteiger partial charge in [-0.15, -0.1) is 0 Å². The molecule has 0 saturated heterocycles. The Morgan fingerprint density at radius 2 is 1.76 bits per heavy atom. The van der Waals surface area contributed by atoms with Gasteiger partial charge in [0.15, 0.2) is 0 Å². The Balaban J connectivity index is 2.34. The van der Waals surface area contributed by atoms with E-state index >= 15 is 0 Å². The van der Waals surface area contributed by atoms with Crippen LogP contribution in [0.4, 0.5) is 0 Å². The number of hydrazine groups is 1. The maximum Gasteiger partial charge on any atom is 0.303 e. The van der Waals surface area contributed by atoms with Gasteiger partial charge >= 0.3 is 5.97 Å². The van der Waals surface area contributed by atoms with Crippen LogP contribution >= 0.6 is 0 Å². The number of carbonyl (C=O) groups is 3. The van der Waals surface area contributed by atoms with Crippen molar-refractivity contribution in [3.05, 3.63) is 30.1 Å². The van der Waals surface area contributed by atoms with Crippen LogP contribution in [0.3, 0.4) is 0 Å². The second kappa shape index (κ2) is 6.21. The van der Waals surface area contributed by atoms with Gasteiger partial charge in [0.1, 0.15) is 0 Å². The molecular formula is C10H11N3O4. The van der Waals surface area contributed by atoms with Crippen LogP contribution in [0.25, 0.3) is 0 Å². The van der Waals surface area contributed by atoms with Crippen molar-refractivity contribution in [2.45, 2.75) is 12.8 Å². The van der Waals surface area contributed by atoms with E-state index in [0.29, 0.717) is 5.56 Å². The van der Waals surface area contributed by atoms with Crippen molar-refractivity contribution in [2.75, 3.05) is 0 Å². The Labute approximate surface area is 96.8 Å². The van der Waals surface area contributed by atoms with Crippen molar-refractivity contribution in [3.8, 4) is 0 Å². The minimum Gasteiger partial charge on any atom is -0.481 e. The molecule has 1 aromatic rings. The molecule has 90 valence electrons. The van der Waals surface area contributed by atoms with E-state index in [1.165, 1.54) is 24.5 Å². The summed E-state index contributed by atoms with van der Waals surface area (Å²) in [7, 11) is 0. The number of aromatic nitrogens is 1. The summed E-state index contributed by atoms with van der Waals surface area (Å²) < 4.78 is 0. The number of amides is 2. The first kappa shape index (κ1) is 12.6. The van der Waals surface area contributed by atoms with Crippen LogP contribution in [0.1, 0.15) is 23.2 Å². The molecule has 0 aliphatic carbocycles. The fraction of sp³-hybridized carbons (Fsp3) is 0.200. The SMILES string of the molecule is O=C(O)CCC(=O)NNC(=O)c1ccncc1. The lowest BCUT2D eigenvalue weighted by Crippen LogP contribution is -2.41. The zero-order valence-corrected chi connectivity index (χ0v) is 8.84. The van der Waals surface area contributed by atoms with Crippen molar-refractivity contribution in [3.63, 3.8) is 0 Å². The van der Waals surface area contributed by atoms with Gasteiger partial charge in [0, 0.05) is 24.4 Å². The number of aliphatic carboxylic acids is 1. The summed E-state index contributed by atoms with van der Waals surface area (Å²) >= 11 is 0. The molecule has 1 rings (SSSR count). The number of hydrogen-bond donors (Lipinski definition) is 3. The topological polar surface area (TPSA) is 108 Å². The lowest BCUT2D eigenvalue weighted by molar-refractivity contribution is -0.138. The predicted molar refractivity (Wildman–Crippen MR) is 56.7 cm³/mol. The maximum absolute atomic E-state index is 11.4. The van der Waals surface area contributed by atoms with E-state index < -0.39 is 17.8 Å². The lowest BCUT2D eigenvalue weighted by atomic mass is 10.2. The monoisotopic (exact) mass is 237 g/mol. The van der Waals surface area contributed by atoms with Crippen molar-refractivity contribution in [1.29, 1.82) is 0 Å². The highest BCUT2D eigenvalue weighted by molar-refractivity contribution is 5.95. The Kier molecular flexibility index (Phi) is 4.61. The lowest BCUT2D eigenvalue weighted by Gasteiger charge is -2.06. The van der Waals surface area contributed by atoms with Crippen molar-refractivity contribution in [2.24, 2.45) is 0 Å². The quantitative estimate of drug-likeness (QED) is 0.623. The number of nitrogens with one attached hydrogen (secondary N) is 2. The molecule has 0 fully saturated rings. The van der Waals surface area contributed by atoms with Crippen LogP contribution in [0.5, 0.6) is 0 Å². The molecule has 7 heteroatoms. The van der Waals surface area contributed by atoms with Crippen LogP contribution in [0, 0.1) is 0 Å². The van der Waals surface area contributed by atoms with Gasteiger partial charge in [0.2, 0.25) is 5.91 Å². The van der Waals surface area contributed by atoms with Crippen LogP contribution in [0.15, 0.2) is 24.5 Å². The van der Waals surface area contributed by atoms with Crippen LogP contribution in [0.2, 0.25) is 0 Å². The van der Waals surface area contributed by atoms with Gasteiger partial charge in [-0.1, -0.05) is 0 Å². The molecule has 0 aromatic carbocycles. The van der Waals surface area contributed by atoms with E-state index in [1.54, 1.807) is 0 Å². The van der Waals surface area contributed by atoms with Gasteiger partial charge in [-0.05, 0) is 12.1 Å². The first-order valence-corrected chi connectivity index (χ1v) is 4.80. The molecule has 1 heterocycles. The third-order valence-electron chi connectivity index (χ3n) is 1.82. The molecule has 0 saturated carbocycles. The molecule has 3 N–H and O–H groups in total. The minimum absolute atomic E-state index is 0.189. The van der Waals surface area contributed by atoms with Gasteiger partial charge in [-0.2, -0.15) is 0 Å². The summed E-state index contributed by atoms with van der Waals surface area (Å²) in [6.07, 6.45) is 2.42. The maximum atomic E-state index is 11.4. The van der Waals surface area contributed by atoms with E-state index in [9.17, 15) is 14.4 Å². The second-order valence-electron chi connectivity index (χ2n) is 3.13. The third kappa shape index (κ3) is 4.74. The van der Waals surface area contributed by atoms with Crippen molar-refractivity contribution in [1.82, 2.24) is 15.8 Å². The Hall–Kier alpha value is -2.44. The fourth-order valence-electron chi connectivity index (χ4n) is 0.985. The number of carboxylic acids is 1. The Bertz CT molecular complexity index is 419. The highest BCUT2D eigenvalue weighted by Crippen LogP contribution is 1.94. The van der Waals surface area contributed by atoms with Crippen LogP contribution in [-0.4, -0.2) is 27.9 Å². The predicted octanol–water partition coefficient (Wildman–Crippen LogP) is -0.293. The molecule has 7 nitrogen and oxygen atoms in total. The van der Waals surface area contributed by atoms with Crippen LogP contribution in [-0.2, 0) is 9.59 Å². The summed E-state index contributed by atoms with van der Waals surface area (Å²) in [6, 6.07) is 2.97. The van der Waals surface area contributed by atoms with E-state index in [4.69, 9.17) is 5.11 Å². The smallest absolute Gasteiger partial charge is 0.303 e. The summed E-state index contributed by atoms with van der Waals surface area (Å²) in [4.78, 5) is 36.4. The van der Waals surface area contributed by atoms with E-state index in [1.807, 2.05) is 0 Å². The standard InChI is InChI=1S/C10H11N3O4/c14-8(1-2-9(15)16)12-13-10(17)7-3-5-11-6-4-7/h3-6H,1-2H2,(H,12,14)(H,13,17)(H,15,16). The summed E-state index contributed by atoms with van der Waals surface area (Å²) in [5.74, 6) is -2.12. The van der Waals surface area contributed by atoms with E-state index in [-0.39, 0.29) is 12.8 Å². The number of rotatable bonds is 4. The molecule has 0 aliphatic rings. The zero-order chi connectivity index (χ0) is 12.7. The molecule has 0 atom stereocenters. The number of hydrogen-bond acceptors (Lipinski definition) is 4. The first-order chi connectivity index (χ1) is 8.09. The minimum atomic E-state index is -1.07. The molecule has 2 amide bonds. The number of nitrogens with zero attached hydrogens (tertiary/aromatic N) is 1. The molecule has 17 heavy (non-hydrogen) atoms. The summed E-state index contributed by atoms with van der Waals surface area (Å²) in [5.41, 5.74) is 4.62. The van der Waals surface area contributed by atoms with Gasteiger partial charge in [-0.25, -0.2) is 0 Å². The first-order valence-electron chi connectivity index (χ1n) is 4.80.